The molecule has 14 heavy (non-hydrogen) atoms. The van der Waals surface area contributed by atoms with E-state index in [1.54, 1.807) is 19.5 Å². The van der Waals surface area contributed by atoms with Crippen LogP contribution in [0, 0.1) is 0 Å². The van der Waals surface area contributed by atoms with Crippen LogP contribution in [0.1, 0.15) is 12.1 Å². The number of aromatic nitrogens is 2. The van der Waals surface area contributed by atoms with Gasteiger partial charge in [0.25, 0.3) is 0 Å². The number of hydrogen-bond donors (Lipinski definition) is 1. The molecule has 0 radical (unpaired) electrons. The molecule has 0 aliphatic carbocycles. The largest absolute Gasteiger partial charge is 0.476 e. The molecule has 0 spiro atoms. The van der Waals surface area contributed by atoms with Gasteiger partial charge in [-0.05, 0) is 0 Å². The van der Waals surface area contributed by atoms with Crippen LogP contribution >= 0.6 is 0 Å². The number of nitrogens with two attached hydrogens (primary N) is 1. The maximum Gasteiger partial charge on any atom is 0.232 e. The summed E-state index contributed by atoms with van der Waals surface area (Å²) in [6.45, 7) is 1.68. The van der Waals surface area contributed by atoms with Gasteiger partial charge in [-0.25, -0.2) is 4.98 Å². The fraction of sp³-hybridized carbons (Fsp3) is 0.556. The third-order valence-electron chi connectivity index (χ3n) is 1.63. The van der Waals surface area contributed by atoms with Gasteiger partial charge < -0.3 is 15.2 Å². The van der Waals surface area contributed by atoms with Crippen LogP contribution in [0.15, 0.2) is 12.4 Å². The van der Waals surface area contributed by atoms with Gasteiger partial charge in [-0.15, -0.1) is 0 Å². The molecule has 0 saturated heterocycles. The zero-order chi connectivity index (χ0) is 10.2. The fourth-order valence-electron chi connectivity index (χ4n) is 0.903. The maximum atomic E-state index is 5.38. The van der Waals surface area contributed by atoms with Crippen molar-refractivity contribution in [3.05, 3.63) is 18.1 Å². The lowest BCUT2D eigenvalue weighted by atomic mass is 10.4. The molecule has 0 atom stereocenters. The second-order valence-electron chi connectivity index (χ2n) is 2.74. The Morgan fingerprint density at radius 1 is 1.29 bits per heavy atom. The SMILES string of the molecule is COCCCOc1cnc(CN)cn1. The lowest BCUT2D eigenvalue weighted by Gasteiger charge is -2.04. The highest BCUT2D eigenvalue weighted by Crippen LogP contribution is 2.03. The molecule has 5 nitrogen and oxygen atoms in total. The van der Waals surface area contributed by atoms with E-state index in [-0.39, 0.29) is 0 Å². The summed E-state index contributed by atoms with van der Waals surface area (Å²) in [4.78, 5) is 8.09. The van der Waals surface area contributed by atoms with Crippen LogP contribution in [0.5, 0.6) is 5.88 Å². The van der Waals surface area contributed by atoms with Gasteiger partial charge in [-0.3, -0.25) is 4.98 Å². The van der Waals surface area contributed by atoms with E-state index in [2.05, 4.69) is 9.97 Å². The second kappa shape index (κ2) is 6.28. The van der Waals surface area contributed by atoms with Crippen LogP contribution in [0.4, 0.5) is 0 Å². The molecular weight excluding hydrogens is 182 g/mol. The highest BCUT2D eigenvalue weighted by molar-refractivity contribution is 5.06. The van der Waals surface area contributed by atoms with Crippen LogP contribution in [0.3, 0.4) is 0 Å². The van der Waals surface area contributed by atoms with E-state index in [0.717, 1.165) is 12.1 Å². The molecule has 2 N–H and O–H groups in total. The molecule has 0 amide bonds. The van der Waals surface area contributed by atoms with Crippen molar-refractivity contribution in [3.63, 3.8) is 0 Å². The molecule has 78 valence electrons. The summed E-state index contributed by atoms with van der Waals surface area (Å²) in [7, 11) is 1.66. The molecule has 1 rings (SSSR count). The van der Waals surface area contributed by atoms with Crippen molar-refractivity contribution < 1.29 is 9.47 Å². The van der Waals surface area contributed by atoms with Crippen LogP contribution in [-0.4, -0.2) is 30.3 Å². The zero-order valence-corrected chi connectivity index (χ0v) is 8.27. The average Bonchev–Trinajstić information content (AvgIpc) is 2.25. The lowest BCUT2D eigenvalue weighted by Crippen LogP contribution is -2.04. The average molecular weight is 197 g/mol. The molecule has 0 bridgehead atoms. The number of nitrogens with zero attached hydrogens (tertiary/aromatic N) is 2. The Morgan fingerprint density at radius 2 is 2.14 bits per heavy atom. The first-order valence-electron chi connectivity index (χ1n) is 4.49. The monoisotopic (exact) mass is 197 g/mol. The number of hydrogen-bond acceptors (Lipinski definition) is 5. The van der Waals surface area contributed by atoms with E-state index in [9.17, 15) is 0 Å². The molecule has 0 saturated carbocycles. The van der Waals surface area contributed by atoms with E-state index < -0.39 is 0 Å². The molecule has 0 aliphatic heterocycles. The Bertz CT molecular complexity index is 251. The highest BCUT2D eigenvalue weighted by Gasteiger charge is 1.96. The predicted molar refractivity (Wildman–Crippen MR) is 51.9 cm³/mol. The Hall–Kier alpha value is -1.20. The van der Waals surface area contributed by atoms with Gasteiger partial charge in [-0.2, -0.15) is 0 Å². The van der Waals surface area contributed by atoms with E-state index in [1.165, 1.54) is 0 Å². The summed E-state index contributed by atoms with van der Waals surface area (Å²) in [6.07, 6.45) is 4.04. The number of ether oxygens (including phenoxy) is 2. The summed E-state index contributed by atoms with van der Waals surface area (Å²) in [5, 5.41) is 0. The summed E-state index contributed by atoms with van der Waals surface area (Å²) < 4.78 is 10.2. The van der Waals surface area contributed by atoms with Gasteiger partial charge in [-0.1, -0.05) is 0 Å². The van der Waals surface area contributed by atoms with Gasteiger partial charge in [0.05, 0.1) is 24.7 Å². The van der Waals surface area contributed by atoms with Crippen molar-refractivity contribution in [2.75, 3.05) is 20.3 Å². The lowest BCUT2D eigenvalue weighted by molar-refractivity contribution is 0.170. The van der Waals surface area contributed by atoms with Crippen molar-refractivity contribution in [3.8, 4) is 5.88 Å². The maximum absolute atomic E-state index is 5.38. The molecule has 0 fully saturated rings. The van der Waals surface area contributed by atoms with Crippen molar-refractivity contribution in [2.45, 2.75) is 13.0 Å². The Labute approximate surface area is 83.3 Å². The Morgan fingerprint density at radius 3 is 2.71 bits per heavy atom. The molecule has 1 aromatic rings. The first-order chi connectivity index (χ1) is 6.86. The Balaban J connectivity index is 2.29. The molecule has 5 heteroatoms. The van der Waals surface area contributed by atoms with Gasteiger partial charge in [0.15, 0.2) is 0 Å². The van der Waals surface area contributed by atoms with Crippen LogP contribution in [0.25, 0.3) is 0 Å². The van der Waals surface area contributed by atoms with E-state index in [4.69, 9.17) is 15.2 Å². The summed E-state index contributed by atoms with van der Waals surface area (Å²) in [5.74, 6) is 0.526. The first-order valence-corrected chi connectivity index (χ1v) is 4.49. The topological polar surface area (TPSA) is 70.3 Å². The van der Waals surface area contributed by atoms with E-state index in [1.807, 2.05) is 0 Å². The predicted octanol–water partition coefficient (Wildman–Crippen LogP) is 0.351. The van der Waals surface area contributed by atoms with Crippen molar-refractivity contribution in [1.82, 2.24) is 9.97 Å². The first kappa shape index (κ1) is 10.9. The zero-order valence-electron chi connectivity index (χ0n) is 8.27. The molecule has 1 heterocycles. The quantitative estimate of drug-likeness (QED) is 0.666. The van der Waals surface area contributed by atoms with Crippen molar-refractivity contribution in [2.24, 2.45) is 5.73 Å². The summed E-state index contributed by atoms with van der Waals surface area (Å²) in [5.41, 5.74) is 6.14. The minimum atomic E-state index is 0.400. The third kappa shape index (κ3) is 3.68. The summed E-state index contributed by atoms with van der Waals surface area (Å²) >= 11 is 0. The molecular formula is C9H15N3O2. The highest BCUT2D eigenvalue weighted by atomic mass is 16.5. The van der Waals surface area contributed by atoms with Crippen molar-refractivity contribution >= 4 is 0 Å². The number of rotatable bonds is 6. The minimum absolute atomic E-state index is 0.400. The Kier molecular flexibility index (Phi) is 4.88. The molecule has 0 unspecified atom stereocenters. The third-order valence-corrected chi connectivity index (χ3v) is 1.63. The van der Waals surface area contributed by atoms with Gasteiger partial charge in [0, 0.05) is 26.7 Å². The van der Waals surface area contributed by atoms with Crippen LogP contribution < -0.4 is 10.5 Å². The second-order valence-corrected chi connectivity index (χ2v) is 2.74. The summed E-state index contributed by atoms with van der Waals surface area (Å²) in [6, 6.07) is 0. The molecule has 1 aromatic heterocycles. The fourth-order valence-corrected chi connectivity index (χ4v) is 0.903. The normalized spacial score (nSPS) is 10.1. The standard InChI is InChI=1S/C9H15N3O2/c1-13-3-2-4-14-9-7-11-8(5-10)6-12-9/h6-7H,2-5,10H2,1H3. The van der Waals surface area contributed by atoms with Gasteiger partial charge >= 0.3 is 0 Å². The minimum Gasteiger partial charge on any atom is -0.476 e. The van der Waals surface area contributed by atoms with Gasteiger partial charge in [0.2, 0.25) is 5.88 Å². The van der Waals surface area contributed by atoms with Crippen LogP contribution in [-0.2, 0) is 11.3 Å². The van der Waals surface area contributed by atoms with E-state index in [0.29, 0.717) is 25.6 Å². The molecule has 0 aliphatic rings. The van der Waals surface area contributed by atoms with Crippen molar-refractivity contribution in [1.29, 1.82) is 0 Å². The van der Waals surface area contributed by atoms with Crippen LogP contribution in [0.2, 0.25) is 0 Å². The number of methoxy groups -OCH3 is 1. The smallest absolute Gasteiger partial charge is 0.232 e. The van der Waals surface area contributed by atoms with E-state index >= 15 is 0 Å². The van der Waals surface area contributed by atoms with Gasteiger partial charge in [0.1, 0.15) is 0 Å². The molecule has 0 aromatic carbocycles.